The third-order valence-corrected chi connectivity index (χ3v) is 1.51. The van der Waals surface area contributed by atoms with Crippen molar-refractivity contribution in [3.8, 4) is 0 Å². The quantitative estimate of drug-likeness (QED) is 0.625. The summed E-state index contributed by atoms with van der Waals surface area (Å²) in [6.07, 6.45) is 4.64. The molecule has 0 saturated carbocycles. The van der Waals surface area contributed by atoms with Crippen LogP contribution in [-0.2, 0) is 0 Å². The van der Waals surface area contributed by atoms with Gasteiger partial charge in [0, 0.05) is 6.61 Å². The third-order valence-electron chi connectivity index (χ3n) is 1.51. The molecule has 0 aliphatic heterocycles. The Labute approximate surface area is 77.6 Å². The summed E-state index contributed by atoms with van der Waals surface area (Å²) < 4.78 is 0. The van der Waals surface area contributed by atoms with Gasteiger partial charge in [-0.25, -0.2) is 0 Å². The first-order chi connectivity index (χ1) is 5.77. The highest BCUT2D eigenvalue weighted by Crippen LogP contribution is 1.98. The number of nitrogens with zero attached hydrogens (tertiary/aromatic N) is 1. The monoisotopic (exact) mass is 175 g/mol. The Morgan fingerprint density at radius 1 is 0.917 bits per heavy atom. The van der Waals surface area contributed by atoms with Crippen molar-refractivity contribution in [2.24, 2.45) is 0 Å². The molecule has 0 aliphatic carbocycles. The van der Waals surface area contributed by atoms with Gasteiger partial charge < -0.3 is 10.0 Å². The summed E-state index contributed by atoms with van der Waals surface area (Å²) in [7, 11) is 4.18. The number of aliphatic hydroxyl groups is 1. The minimum atomic E-state index is 0.349. The zero-order valence-electron chi connectivity index (χ0n) is 9.14. The van der Waals surface area contributed by atoms with Gasteiger partial charge in [-0.3, -0.25) is 0 Å². The largest absolute Gasteiger partial charge is 0.396 e. The van der Waals surface area contributed by atoms with Gasteiger partial charge in [-0.15, -0.1) is 0 Å². The van der Waals surface area contributed by atoms with E-state index in [-0.39, 0.29) is 0 Å². The summed E-state index contributed by atoms with van der Waals surface area (Å²) in [5.41, 5.74) is 0. The SMILES string of the molecule is CC.CN(C)CCCCCCO. The number of hydrogen-bond acceptors (Lipinski definition) is 2. The van der Waals surface area contributed by atoms with Crippen molar-refractivity contribution in [2.75, 3.05) is 27.2 Å². The second kappa shape index (κ2) is 13.5. The van der Waals surface area contributed by atoms with Crippen LogP contribution in [0.3, 0.4) is 0 Å². The lowest BCUT2D eigenvalue weighted by atomic mass is 10.2. The second-order valence-corrected chi connectivity index (χ2v) is 2.94. The topological polar surface area (TPSA) is 23.5 Å². The highest BCUT2D eigenvalue weighted by atomic mass is 16.2. The van der Waals surface area contributed by atoms with Gasteiger partial charge in [0.15, 0.2) is 0 Å². The molecule has 0 aromatic rings. The zero-order valence-corrected chi connectivity index (χ0v) is 9.14. The Morgan fingerprint density at radius 2 is 1.42 bits per heavy atom. The first kappa shape index (κ1) is 14.4. The molecule has 2 heteroatoms. The molecule has 0 rings (SSSR count). The predicted octanol–water partition coefficient (Wildman–Crippen LogP) is 2.13. The van der Waals surface area contributed by atoms with Crippen LogP contribution in [0, 0.1) is 0 Å². The van der Waals surface area contributed by atoms with Crippen LogP contribution < -0.4 is 0 Å². The standard InChI is InChI=1S/C8H19NO.C2H6/c1-9(2)7-5-3-4-6-8-10;1-2/h10H,3-8H2,1-2H3;1-2H3. The summed E-state index contributed by atoms with van der Waals surface area (Å²) in [4.78, 5) is 2.19. The molecule has 0 amide bonds. The van der Waals surface area contributed by atoms with Crippen molar-refractivity contribution in [3.05, 3.63) is 0 Å². The molecule has 1 N–H and O–H groups in total. The Bertz CT molecular complexity index is 64.9. The van der Waals surface area contributed by atoms with Crippen molar-refractivity contribution in [3.63, 3.8) is 0 Å². The van der Waals surface area contributed by atoms with Crippen LogP contribution in [0.15, 0.2) is 0 Å². The molecule has 0 aromatic heterocycles. The maximum atomic E-state index is 8.46. The Kier molecular flexibility index (Phi) is 16.3. The van der Waals surface area contributed by atoms with E-state index in [4.69, 9.17) is 5.11 Å². The Balaban J connectivity index is 0. The van der Waals surface area contributed by atoms with E-state index < -0.39 is 0 Å². The molecule has 0 radical (unpaired) electrons. The number of aliphatic hydroxyl groups excluding tert-OH is 1. The average molecular weight is 175 g/mol. The smallest absolute Gasteiger partial charge is 0.0431 e. The van der Waals surface area contributed by atoms with Crippen molar-refractivity contribution in [1.29, 1.82) is 0 Å². The zero-order chi connectivity index (χ0) is 9.82. The Morgan fingerprint density at radius 3 is 1.83 bits per heavy atom. The van der Waals surface area contributed by atoms with Crippen molar-refractivity contribution >= 4 is 0 Å². The molecule has 0 unspecified atom stereocenters. The highest BCUT2D eigenvalue weighted by molar-refractivity contribution is 4.45. The number of rotatable bonds is 6. The maximum Gasteiger partial charge on any atom is 0.0431 e. The summed E-state index contributed by atoms with van der Waals surface area (Å²) in [6, 6.07) is 0. The lowest BCUT2D eigenvalue weighted by Gasteiger charge is -2.07. The van der Waals surface area contributed by atoms with Crippen LogP contribution in [0.2, 0.25) is 0 Å². The molecule has 0 saturated heterocycles. The molecule has 2 nitrogen and oxygen atoms in total. The van der Waals surface area contributed by atoms with Gasteiger partial charge in [0.25, 0.3) is 0 Å². The van der Waals surface area contributed by atoms with Crippen molar-refractivity contribution < 1.29 is 5.11 Å². The first-order valence-corrected chi connectivity index (χ1v) is 5.03. The minimum absolute atomic E-state index is 0.349. The molecule has 76 valence electrons. The first-order valence-electron chi connectivity index (χ1n) is 5.03. The fourth-order valence-electron chi connectivity index (χ4n) is 0.893. The molecule has 0 aromatic carbocycles. The van der Waals surface area contributed by atoms with E-state index in [0.29, 0.717) is 6.61 Å². The van der Waals surface area contributed by atoms with E-state index in [1.807, 2.05) is 13.8 Å². The normalized spacial score (nSPS) is 9.50. The fraction of sp³-hybridized carbons (Fsp3) is 1.00. The van der Waals surface area contributed by atoms with Gasteiger partial charge in [-0.2, -0.15) is 0 Å². The van der Waals surface area contributed by atoms with Gasteiger partial charge >= 0.3 is 0 Å². The van der Waals surface area contributed by atoms with Crippen LogP contribution in [-0.4, -0.2) is 37.3 Å². The van der Waals surface area contributed by atoms with Gasteiger partial charge in [-0.1, -0.05) is 26.7 Å². The van der Waals surface area contributed by atoms with Crippen LogP contribution >= 0.6 is 0 Å². The Hall–Kier alpha value is -0.0800. The minimum Gasteiger partial charge on any atom is -0.396 e. The molecular formula is C10H25NO. The molecule has 12 heavy (non-hydrogen) atoms. The fourth-order valence-corrected chi connectivity index (χ4v) is 0.893. The lowest BCUT2D eigenvalue weighted by molar-refractivity contribution is 0.280. The average Bonchev–Trinajstić information content (AvgIpc) is 2.07. The molecule has 0 heterocycles. The van der Waals surface area contributed by atoms with Crippen LogP contribution in [0.4, 0.5) is 0 Å². The molecule has 0 spiro atoms. The van der Waals surface area contributed by atoms with E-state index in [9.17, 15) is 0 Å². The van der Waals surface area contributed by atoms with Gasteiger partial charge in [0.2, 0.25) is 0 Å². The molecule has 0 fully saturated rings. The molecule has 0 atom stereocenters. The second-order valence-electron chi connectivity index (χ2n) is 2.94. The summed E-state index contributed by atoms with van der Waals surface area (Å²) in [5.74, 6) is 0. The molecular weight excluding hydrogens is 150 g/mol. The van der Waals surface area contributed by atoms with Crippen LogP contribution in [0.25, 0.3) is 0 Å². The van der Waals surface area contributed by atoms with E-state index in [2.05, 4.69) is 19.0 Å². The molecule has 0 aliphatic rings. The van der Waals surface area contributed by atoms with E-state index >= 15 is 0 Å². The lowest BCUT2D eigenvalue weighted by Crippen LogP contribution is -2.12. The molecule has 0 bridgehead atoms. The van der Waals surface area contributed by atoms with Crippen LogP contribution in [0.5, 0.6) is 0 Å². The van der Waals surface area contributed by atoms with Gasteiger partial charge in [0.05, 0.1) is 0 Å². The summed E-state index contributed by atoms with van der Waals surface area (Å²) >= 11 is 0. The third kappa shape index (κ3) is 16.5. The number of unbranched alkanes of at least 4 members (excludes halogenated alkanes) is 3. The predicted molar refractivity (Wildman–Crippen MR) is 55.5 cm³/mol. The van der Waals surface area contributed by atoms with E-state index in [1.54, 1.807) is 0 Å². The van der Waals surface area contributed by atoms with E-state index in [1.165, 1.54) is 25.8 Å². The van der Waals surface area contributed by atoms with Crippen molar-refractivity contribution in [2.45, 2.75) is 39.5 Å². The van der Waals surface area contributed by atoms with E-state index in [0.717, 1.165) is 6.42 Å². The number of hydrogen-bond donors (Lipinski definition) is 1. The van der Waals surface area contributed by atoms with Crippen molar-refractivity contribution in [1.82, 2.24) is 4.90 Å². The van der Waals surface area contributed by atoms with Gasteiger partial charge in [0.1, 0.15) is 0 Å². The highest BCUT2D eigenvalue weighted by Gasteiger charge is 1.90. The maximum absolute atomic E-state index is 8.46. The summed E-state index contributed by atoms with van der Waals surface area (Å²) in [6.45, 7) is 5.52. The van der Waals surface area contributed by atoms with Crippen LogP contribution in [0.1, 0.15) is 39.5 Å². The summed E-state index contributed by atoms with van der Waals surface area (Å²) in [5, 5.41) is 8.46. The van der Waals surface area contributed by atoms with Gasteiger partial charge in [-0.05, 0) is 33.5 Å².